The van der Waals surface area contributed by atoms with E-state index in [0.717, 1.165) is 16.7 Å². The Kier molecular flexibility index (Phi) is 6.12. The van der Waals surface area contributed by atoms with Crippen molar-refractivity contribution < 1.29 is 4.79 Å². The van der Waals surface area contributed by atoms with E-state index in [1.54, 1.807) is 0 Å². The van der Waals surface area contributed by atoms with Crippen LogP contribution < -0.4 is 0 Å². The highest BCUT2D eigenvalue weighted by molar-refractivity contribution is 6.06. The number of carbonyl (C=O) groups excluding carboxylic acids is 1. The minimum absolute atomic E-state index is 0.204. The summed E-state index contributed by atoms with van der Waals surface area (Å²) in [5.74, 6) is 0.204. The molecule has 0 atom stereocenters. The van der Waals surface area contributed by atoms with Gasteiger partial charge in [-0.3, -0.25) is 4.79 Å². The van der Waals surface area contributed by atoms with Gasteiger partial charge in [-0.15, -0.1) is 0 Å². The van der Waals surface area contributed by atoms with Gasteiger partial charge in [0, 0.05) is 6.42 Å². The fourth-order valence-corrected chi connectivity index (χ4v) is 5.91. The average Bonchev–Trinajstić information content (AvgIpc) is 3.08. The summed E-state index contributed by atoms with van der Waals surface area (Å²) in [5.41, 5.74) is 5.83. The molecule has 0 amide bonds. The zero-order valence-electron chi connectivity index (χ0n) is 20.7. The Labute approximate surface area is 218 Å². The van der Waals surface area contributed by atoms with Crippen LogP contribution >= 0.6 is 0 Å². The molecule has 1 nitrogen and oxygen atoms in total. The van der Waals surface area contributed by atoms with E-state index in [9.17, 15) is 4.79 Å². The molecule has 4 aromatic rings. The third kappa shape index (κ3) is 3.93. The molecule has 0 radical (unpaired) electrons. The molecule has 0 unspecified atom stereocenters. The Bertz CT molecular complexity index is 1520. The molecule has 1 heteroatoms. The second kappa shape index (κ2) is 9.87. The smallest absolute Gasteiger partial charge is 0.152 e. The van der Waals surface area contributed by atoms with E-state index in [0.29, 0.717) is 12.8 Å². The summed E-state index contributed by atoms with van der Waals surface area (Å²) in [6, 6.07) is 49.9. The Hall–Kier alpha value is -4.49. The molecular weight excluding hydrogens is 448 g/mol. The Morgan fingerprint density at radius 2 is 0.865 bits per heavy atom. The van der Waals surface area contributed by atoms with Gasteiger partial charge in [-0.05, 0) is 50.6 Å². The van der Waals surface area contributed by atoms with Crippen LogP contribution in [0.5, 0.6) is 0 Å². The van der Waals surface area contributed by atoms with Crippen LogP contribution in [0.3, 0.4) is 0 Å². The number of rotatable bonds is 7. The monoisotopic (exact) mass is 476 g/mol. The molecule has 0 aliphatic heterocycles. The summed E-state index contributed by atoms with van der Waals surface area (Å²) < 4.78 is 0. The predicted octanol–water partition coefficient (Wildman–Crippen LogP) is 8.48. The molecule has 6 rings (SSSR count). The van der Waals surface area contributed by atoms with Crippen LogP contribution in [0.25, 0.3) is 21.9 Å². The van der Waals surface area contributed by atoms with E-state index in [-0.39, 0.29) is 5.78 Å². The topological polar surface area (TPSA) is 17.1 Å². The summed E-state index contributed by atoms with van der Waals surface area (Å²) in [6.07, 6.45) is 1.11. The molecule has 178 valence electrons. The van der Waals surface area contributed by atoms with Crippen molar-refractivity contribution in [2.75, 3.05) is 0 Å². The fourth-order valence-electron chi connectivity index (χ4n) is 5.91. The van der Waals surface area contributed by atoms with Gasteiger partial charge in [-0.1, -0.05) is 146 Å². The largest absolute Gasteiger partial charge is 0.298 e. The number of hydrogen-bond acceptors (Lipinski definition) is 1. The molecule has 0 fully saturated rings. The van der Waals surface area contributed by atoms with Crippen molar-refractivity contribution in [3.63, 3.8) is 0 Å². The lowest BCUT2D eigenvalue weighted by atomic mass is 9.65. The lowest BCUT2D eigenvalue weighted by Gasteiger charge is -2.34. The van der Waals surface area contributed by atoms with Crippen LogP contribution in [0.2, 0.25) is 0 Å². The molecule has 4 aromatic carbocycles. The first-order valence-corrected chi connectivity index (χ1v) is 12.9. The number of fused-ring (bicyclic) bond motifs is 3. The molecule has 2 aliphatic carbocycles. The Morgan fingerprint density at radius 3 is 1.38 bits per heavy atom. The molecule has 0 spiro atoms. The number of Topliss-reactive ketones (excluding diaryl/α,β-unsaturated/α-hetero) is 1. The number of hydrogen-bond donors (Lipinski definition) is 0. The van der Waals surface area contributed by atoms with Gasteiger partial charge < -0.3 is 0 Å². The molecule has 37 heavy (non-hydrogen) atoms. The minimum atomic E-state index is -0.882. The fraction of sp³-hybridized carbons (Fsp3) is 0.0833. The van der Waals surface area contributed by atoms with Crippen molar-refractivity contribution in [3.05, 3.63) is 168 Å². The van der Waals surface area contributed by atoms with Crippen LogP contribution in [0.15, 0.2) is 146 Å². The molecule has 0 bridgehead atoms. The minimum Gasteiger partial charge on any atom is -0.298 e. The maximum absolute atomic E-state index is 14.7. The van der Waals surface area contributed by atoms with Crippen molar-refractivity contribution in [2.45, 2.75) is 18.3 Å². The summed E-state index contributed by atoms with van der Waals surface area (Å²) in [7, 11) is 0. The highest BCUT2D eigenvalue weighted by Gasteiger charge is 2.42. The molecule has 0 aromatic heterocycles. The predicted molar refractivity (Wildman–Crippen MR) is 153 cm³/mol. The van der Waals surface area contributed by atoms with Crippen molar-refractivity contribution in [1.29, 1.82) is 0 Å². The van der Waals surface area contributed by atoms with Crippen molar-refractivity contribution >= 4 is 16.6 Å². The van der Waals surface area contributed by atoms with Crippen LogP contribution in [0.1, 0.15) is 28.7 Å². The molecule has 0 saturated carbocycles. The second-order valence-electron chi connectivity index (χ2n) is 9.53. The maximum atomic E-state index is 14.7. The SMILES string of the molecule is O=C(CCc1c2cccccc-2c2ccccc12)C(c1ccccc1)(c1ccccc1)c1ccccc1. The van der Waals surface area contributed by atoms with E-state index in [4.69, 9.17) is 0 Å². The maximum Gasteiger partial charge on any atom is 0.152 e. The number of aryl methyl sites for hydroxylation is 1. The van der Waals surface area contributed by atoms with Crippen molar-refractivity contribution in [3.8, 4) is 11.1 Å². The highest BCUT2D eigenvalue weighted by atomic mass is 16.1. The van der Waals surface area contributed by atoms with Gasteiger partial charge in [-0.2, -0.15) is 0 Å². The first kappa shape index (κ1) is 22.9. The van der Waals surface area contributed by atoms with E-state index in [1.165, 1.54) is 27.5 Å². The Morgan fingerprint density at radius 1 is 0.459 bits per heavy atom. The molecule has 0 heterocycles. The van der Waals surface area contributed by atoms with E-state index < -0.39 is 5.41 Å². The van der Waals surface area contributed by atoms with Gasteiger partial charge in [0.15, 0.2) is 5.78 Å². The van der Waals surface area contributed by atoms with Crippen molar-refractivity contribution in [1.82, 2.24) is 0 Å². The lowest BCUT2D eigenvalue weighted by Crippen LogP contribution is -2.38. The van der Waals surface area contributed by atoms with Gasteiger partial charge >= 0.3 is 0 Å². The zero-order chi connectivity index (χ0) is 25.1. The van der Waals surface area contributed by atoms with E-state index in [1.807, 2.05) is 54.6 Å². The van der Waals surface area contributed by atoms with E-state index in [2.05, 4.69) is 91.0 Å². The number of carbonyl (C=O) groups is 1. The third-order valence-electron chi connectivity index (χ3n) is 7.55. The quantitative estimate of drug-likeness (QED) is 0.211. The first-order chi connectivity index (χ1) is 18.3. The van der Waals surface area contributed by atoms with Gasteiger partial charge in [-0.25, -0.2) is 0 Å². The standard InChI is InChI=1S/C36H28O/c37-35(26-25-34-32-22-12-4-11-21-30(32)31-23-13-14-24-33(31)34)36(27-15-5-1-6-16-27,28-17-7-2-8-18-28)29-19-9-3-10-20-29/h1-24H,25-26H2. The Balaban J connectivity index is 1.50. The van der Waals surface area contributed by atoms with Gasteiger partial charge in [0.25, 0.3) is 0 Å². The lowest BCUT2D eigenvalue weighted by molar-refractivity contribution is -0.122. The summed E-state index contributed by atoms with van der Waals surface area (Å²) in [4.78, 5) is 14.7. The van der Waals surface area contributed by atoms with Gasteiger partial charge in [0.2, 0.25) is 0 Å². The highest BCUT2D eigenvalue weighted by Crippen LogP contribution is 2.43. The molecule has 2 aliphatic rings. The van der Waals surface area contributed by atoms with E-state index >= 15 is 0 Å². The number of benzene rings is 4. The normalized spacial score (nSPS) is 11.6. The number of ketones is 1. The molecule has 0 N–H and O–H groups in total. The summed E-state index contributed by atoms with van der Waals surface area (Å²) >= 11 is 0. The molecular formula is C36H28O. The summed E-state index contributed by atoms with van der Waals surface area (Å²) in [6.45, 7) is 0. The first-order valence-electron chi connectivity index (χ1n) is 12.9. The van der Waals surface area contributed by atoms with Gasteiger partial charge in [0.05, 0.1) is 0 Å². The third-order valence-corrected chi connectivity index (χ3v) is 7.55. The van der Waals surface area contributed by atoms with Crippen LogP contribution in [-0.4, -0.2) is 5.78 Å². The van der Waals surface area contributed by atoms with Gasteiger partial charge in [0.1, 0.15) is 5.41 Å². The zero-order valence-corrected chi connectivity index (χ0v) is 20.7. The molecule has 0 saturated heterocycles. The van der Waals surface area contributed by atoms with Crippen LogP contribution in [-0.2, 0) is 16.6 Å². The average molecular weight is 477 g/mol. The summed E-state index contributed by atoms with van der Waals surface area (Å²) in [5, 5.41) is 2.48. The second-order valence-corrected chi connectivity index (χ2v) is 9.53. The van der Waals surface area contributed by atoms with Crippen LogP contribution in [0, 0.1) is 0 Å². The van der Waals surface area contributed by atoms with Crippen molar-refractivity contribution in [2.24, 2.45) is 0 Å². The van der Waals surface area contributed by atoms with Crippen LogP contribution in [0.4, 0.5) is 0 Å².